The van der Waals surface area contributed by atoms with Gasteiger partial charge in [-0.25, -0.2) is 0 Å². The zero-order valence-electron chi connectivity index (χ0n) is 11.7. The molecule has 1 N–H and O–H groups in total. The third-order valence-electron chi connectivity index (χ3n) is 3.66. The normalized spacial score (nSPS) is 18.1. The molecule has 0 aromatic heterocycles. The maximum atomic E-state index is 12.6. The van der Waals surface area contributed by atoms with E-state index in [1.165, 1.54) is 4.90 Å². The minimum Gasteiger partial charge on any atom is -0.325 e. The average molecular weight is 318 g/mol. The second-order valence-corrected chi connectivity index (χ2v) is 6.81. The fourth-order valence-corrected chi connectivity index (χ4v) is 3.98. The smallest absolute Gasteiger partial charge is 0.232 e. The summed E-state index contributed by atoms with van der Waals surface area (Å²) >= 11 is 7.92. The number of halogens is 1. The Morgan fingerprint density at radius 1 is 1.24 bits per heavy atom. The van der Waals surface area contributed by atoms with E-state index in [1.807, 2.05) is 49.4 Å². The number of anilines is 1. The highest BCUT2D eigenvalue weighted by Crippen LogP contribution is 2.40. The molecule has 4 heteroatoms. The van der Waals surface area contributed by atoms with Gasteiger partial charge in [0.1, 0.15) is 0 Å². The predicted molar refractivity (Wildman–Crippen MR) is 89.2 cm³/mol. The van der Waals surface area contributed by atoms with Crippen molar-refractivity contribution in [1.29, 1.82) is 0 Å². The number of hydrogen-bond acceptors (Lipinski definition) is 2. The lowest BCUT2D eigenvalue weighted by molar-refractivity contribution is -0.117. The maximum Gasteiger partial charge on any atom is 0.232 e. The molecular formula is C17H16ClNOS. The van der Waals surface area contributed by atoms with Gasteiger partial charge in [0.05, 0.1) is 11.3 Å². The zero-order chi connectivity index (χ0) is 14.8. The fourth-order valence-electron chi connectivity index (χ4n) is 2.56. The molecule has 1 aliphatic rings. The van der Waals surface area contributed by atoms with Crippen LogP contribution < -0.4 is 5.32 Å². The predicted octanol–water partition coefficient (Wildman–Crippen LogP) is 4.81. The van der Waals surface area contributed by atoms with Crippen LogP contribution in [-0.2, 0) is 4.79 Å². The fraction of sp³-hybridized carbons (Fsp3) is 0.235. The van der Waals surface area contributed by atoms with Gasteiger partial charge in [-0.2, -0.15) is 0 Å². The van der Waals surface area contributed by atoms with Crippen LogP contribution in [0.25, 0.3) is 0 Å². The van der Waals surface area contributed by atoms with Crippen molar-refractivity contribution in [3.05, 3.63) is 59.7 Å². The highest BCUT2D eigenvalue weighted by molar-refractivity contribution is 7.99. The number of nitrogens with one attached hydrogen (secondary N) is 1. The van der Waals surface area contributed by atoms with E-state index >= 15 is 0 Å². The lowest BCUT2D eigenvalue weighted by atomic mass is 10.00. The number of fused-ring (bicyclic) bond motifs is 1. The Bertz CT molecular complexity index is 671. The Labute approximate surface area is 133 Å². The first-order valence-corrected chi connectivity index (χ1v) is 8.34. The molecule has 1 amide bonds. The number of amides is 1. The molecule has 0 fully saturated rings. The van der Waals surface area contributed by atoms with Gasteiger partial charge in [-0.15, -0.1) is 23.4 Å². The molecule has 2 aromatic rings. The Hall–Kier alpha value is -1.45. The lowest BCUT2D eigenvalue weighted by Gasteiger charge is -2.15. The summed E-state index contributed by atoms with van der Waals surface area (Å²) in [6.07, 6.45) is 0. The summed E-state index contributed by atoms with van der Waals surface area (Å²) < 4.78 is 0. The molecule has 1 aliphatic heterocycles. The Balaban J connectivity index is 1.82. The minimum atomic E-state index is -0.133. The molecule has 0 radical (unpaired) electrons. The van der Waals surface area contributed by atoms with Crippen LogP contribution in [0, 0.1) is 0 Å². The first-order chi connectivity index (χ1) is 10.2. The number of carbonyl (C=O) groups is 1. The van der Waals surface area contributed by atoms with Gasteiger partial charge in [0.25, 0.3) is 0 Å². The number of carbonyl (C=O) groups excluding carboxylic acids is 1. The van der Waals surface area contributed by atoms with Gasteiger partial charge >= 0.3 is 0 Å². The third-order valence-corrected chi connectivity index (χ3v) is 5.08. The Morgan fingerprint density at radius 3 is 2.76 bits per heavy atom. The second kappa shape index (κ2) is 6.12. The number of alkyl halides is 1. The van der Waals surface area contributed by atoms with Crippen LogP contribution in [0.15, 0.2) is 53.4 Å². The summed E-state index contributed by atoms with van der Waals surface area (Å²) in [5.41, 5.74) is 2.88. The maximum absolute atomic E-state index is 12.6. The number of para-hydroxylation sites is 1. The molecule has 21 heavy (non-hydrogen) atoms. The molecule has 0 saturated carbocycles. The van der Waals surface area contributed by atoms with E-state index in [0.717, 1.165) is 22.6 Å². The Kier molecular flexibility index (Phi) is 4.22. The first-order valence-electron chi connectivity index (χ1n) is 6.92. The summed E-state index contributed by atoms with van der Waals surface area (Å²) in [5.74, 6) is 0.742. The molecule has 2 aromatic carbocycles. The van der Waals surface area contributed by atoms with Crippen LogP contribution in [0.2, 0.25) is 0 Å². The zero-order valence-corrected chi connectivity index (χ0v) is 13.2. The highest BCUT2D eigenvalue weighted by atomic mass is 35.5. The molecule has 0 saturated heterocycles. The van der Waals surface area contributed by atoms with Crippen molar-refractivity contribution in [3.63, 3.8) is 0 Å². The van der Waals surface area contributed by atoms with E-state index in [-0.39, 0.29) is 17.2 Å². The molecule has 2 unspecified atom stereocenters. The molecule has 2 atom stereocenters. The van der Waals surface area contributed by atoms with Gasteiger partial charge in [-0.3, -0.25) is 4.79 Å². The summed E-state index contributed by atoms with van der Waals surface area (Å²) in [6, 6.07) is 15.8. The SMILES string of the molecule is CC(Cl)c1ccccc1NC(=O)C1CSc2ccccc21. The van der Waals surface area contributed by atoms with E-state index in [4.69, 9.17) is 11.6 Å². The van der Waals surface area contributed by atoms with Gasteiger partial charge in [0.15, 0.2) is 0 Å². The van der Waals surface area contributed by atoms with Crippen LogP contribution in [-0.4, -0.2) is 11.7 Å². The average Bonchev–Trinajstić information content (AvgIpc) is 2.91. The molecule has 0 spiro atoms. The minimum absolute atomic E-state index is 0.0391. The summed E-state index contributed by atoms with van der Waals surface area (Å²) in [6.45, 7) is 1.91. The topological polar surface area (TPSA) is 29.1 Å². The van der Waals surface area contributed by atoms with Crippen molar-refractivity contribution in [2.75, 3.05) is 11.1 Å². The van der Waals surface area contributed by atoms with Crippen LogP contribution in [0.3, 0.4) is 0 Å². The van der Waals surface area contributed by atoms with Crippen molar-refractivity contribution in [2.45, 2.75) is 23.1 Å². The molecule has 3 rings (SSSR count). The second-order valence-electron chi connectivity index (χ2n) is 5.09. The van der Waals surface area contributed by atoms with Crippen molar-refractivity contribution < 1.29 is 4.79 Å². The summed E-state index contributed by atoms with van der Waals surface area (Å²) in [5, 5.41) is 2.91. The van der Waals surface area contributed by atoms with Crippen LogP contribution in [0.4, 0.5) is 5.69 Å². The van der Waals surface area contributed by atoms with Crippen molar-refractivity contribution in [1.82, 2.24) is 0 Å². The summed E-state index contributed by atoms with van der Waals surface area (Å²) in [4.78, 5) is 13.8. The number of hydrogen-bond donors (Lipinski definition) is 1. The van der Waals surface area contributed by atoms with Gasteiger partial charge < -0.3 is 5.32 Å². The van der Waals surface area contributed by atoms with Crippen molar-refractivity contribution in [3.8, 4) is 0 Å². The molecule has 0 bridgehead atoms. The van der Waals surface area contributed by atoms with Crippen LogP contribution >= 0.6 is 23.4 Å². The van der Waals surface area contributed by atoms with E-state index in [9.17, 15) is 4.79 Å². The standard InChI is InChI=1S/C17H16ClNOS/c1-11(18)12-6-2-4-8-15(12)19-17(20)14-10-21-16-9-5-3-7-13(14)16/h2-9,11,14H,10H2,1H3,(H,19,20). The van der Waals surface area contributed by atoms with Crippen molar-refractivity contribution in [2.24, 2.45) is 0 Å². The lowest BCUT2D eigenvalue weighted by Crippen LogP contribution is -2.21. The van der Waals surface area contributed by atoms with Gasteiger partial charge in [-0.1, -0.05) is 36.4 Å². The molecule has 0 aliphatic carbocycles. The van der Waals surface area contributed by atoms with Gasteiger partial charge in [0.2, 0.25) is 5.91 Å². The number of thioether (sulfide) groups is 1. The monoisotopic (exact) mass is 317 g/mol. The summed E-state index contributed by atoms with van der Waals surface area (Å²) in [7, 11) is 0. The van der Waals surface area contributed by atoms with E-state index in [1.54, 1.807) is 11.8 Å². The highest BCUT2D eigenvalue weighted by Gasteiger charge is 2.29. The van der Waals surface area contributed by atoms with E-state index in [0.29, 0.717) is 0 Å². The van der Waals surface area contributed by atoms with Crippen LogP contribution in [0.1, 0.15) is 29.3 Å². The Morgan fingerprint density at radius 2 is 1.95 bits per heavy atom. The van der Waals surface area contributed by atoms with Gasteiger partial charge in [0, 0.05) is 16.3 Å². The molecule has 1 heterocycles. The van der Waals surface area contributed by atoms with Crippen LogP contribution in [0.5, 0.6) is 0 Å². The largest absolute Gasteiger partial charge is 0.325 e. The molecule has 2 nitrogen and oxygen atoms in total. The van der Waals surface area contributed by atoms with Crippen molar-refractivity contribution >= 4 is 35.0 Å². The number of rotatable bonds is 3. The number of benzene rings is 2. The molecular weight excluding hydrogens is 302 g/mol. The quantitative estimate of drug-likeness (QED) is 0.823. The first kappa shape index (κ1) is 14.5. The third kappa shape index (κ3) is 2.94. The van der Waals surface area contributed by atoms with E-state index < -0.39 is 0 Å². The van der Waals surface area contributed by atoms with E-state index in [2.05, 4.69) is 11.4 Å². The molecule has 108 valence electrons. The van der Waals surface area contributed by atoms with Gasteiger partial charge in [-0.05, 0) is 30.2 Å².